The van der Waals surface area contributed by atoms with Crippen molar-refractivity contribution in [3.8, 4) is 0 Å². The molecule has 134 valence electrons. The largest absolute Gasteiger partial charge is 4.00 e. The van der Waals surface area contributed by atoms with Crippen LogP contribution in [0.3, 0.4) is 0 Å². The standard InChI is InChI=1S/C13H9.C10H9S.2ClH.Zr/c1-3-7-12-10(5-1)9-11-6-2-4-8-13(11)12;1-8-2-3-9(6-8)10-4-5-11-7-10;;;/h1-9H;2-5,7-8H,1H3;2*1H;/q2*-1;;;+4/p-2. The van der Waals surface area contributed by atoms with Crippen LogP contribution in [-0.2, 0) is 26.2 Å². The molecule has 1 atom stereocenters. The molecule has 0 nitrogen and oxygen atoms in total. The van der Waals surface area contributed by atoms with Gasteiger partial charge in [0.15, 0.2) is 0 Å². The van der Waals surface area contributed by atoms with E-state index in [0.29, 0.717) is 5.92 Å². The maximum absolute atomic E-state index is 3.37. The number of hydrogen-bond donors (Lipinski definition) is 0. The van der Waals surface area contributed by atoms with Crippen LogP contribution < -0.4 is 24.8 Å². The molecular formula is C23H18Cl2SZr. The van der Waals surface area contributed by atoms with Gasteiger partial charge in [0, 0.05) is 0 Å². The SMILES string of the molecule is CC1[C-]=C(c2ccsc2)C=C1.[Cl-].[Cl-].[Zr+4].c1ccc2c(c1)[cH-]c1ccccc12. The zero-order valence-electron chi connectivity index (χ0n) is 14.8. The predicted octanol–water partition coefficient (Wildman–Crippen LogP) is 0.858. The molecule has 1 aliphatic carbocycles. The monoisotopic (exact) mass is 486 g/mol. The van der Waals surface area contributed by atoms with Gasteiger partial charge in [0.2, 0.25) is 0 Å². The maximum Gasteiger partial charge on any atom is 4.00 e. The summed E-state index contributed by atoms with van der Waals surface area (Å²) in [7, 11) is 0. The first kappa shape index (κ1) is 24.0. The Morgan fingerprint density at radius 2 is 1.48 bits per heavy atom. The third-order valence-electron chi connectivity index (χ3n) is 4.29. The molecule has 3 aromatic carbocycles. The van der Waals surface area contributed by atoms with Crippen LogP contribution in [0.25, 0.3) is 27.1 Å². The zero-order valence-corrected chi connectivity index (χ0v) is 19.6. The van der Waals surface area contributed by atoms with Crippen LogP contribution in [0.5, 0.6) is 0 Å². The van der Waals surface area contributed by atoms with E-state index >= 15 is 0 Å². The fourth-order valence-corrected chi connectivity index (χ4v) is 3.74. The van der Waals surface area contributed by atoms with Crippen molar-refractivity contribution < 1.29 is 51.0 Å². The summed E-state index contributed by atoms with van der Waals surface area (Å²) in [6, 6.07) is 21.4. The van der Waals surface area contributed by atoms with Gasteiger partial charge in [-0.3, -0.25) is 0 Å². The van der Waals surface area contributed by atoms with Gasteiger partial charge in [-0.1, -0.05) is 60.7 Å². The van der Waals surface area contributed by atoms with Crippen molar-refractivity contribution in [2.45, 2.75) is 6.92 Å². The Hall–Kier alpha value is -1.05. The van der Waals surface area contributed by atoms with Crippen LogP contribution in [0, 0.1) is 12.0 Å². The number of halogens is 2. The number of rotatable bonds is 1. The number of benzene rings is 2. The van der Waals surface area contributed by atoms with Crippen molar-refractivity contribution in [2.75, 3.05) is 0 Å². The van der Waals surface area contributed by atoms with E-state index in [-0.39, 0.29) is 51.0 Å². The van der Waals surface area contributed by atoms with Crippen LogP contribution in [0.1, 0.15) is 12.5 Å². The molecule has 0 fully saturated rings. The second-order valence-electron chi connectivity index (χ2n) is 6.04. The van der Waals surface area contributed by atoms with Crippen molar-refractivity contribution in [1.29, 1.82) is 0 Å². The van der Waals surface area contributed by atoms with Gasteiger partial charge in [-0.2, -0.15) is 29.1 Å². The average molecular weight is 489 g/mol. The summed E-state index contributed by atoms with van der Waals surface area (Å²) >= 11 is 1.73. The fraction of sp³-hybridized carbons (Fsp3) is 0.0870. The first-order chi connectivity index (χ1) is 11.8. The van der Waals surface area contributed by atoms with Crippen molar-refractivity contribution in [1.82, 2.24) is 0 Å². The molecular weight excluding hydrogens is 470 g/mol. The Balaban J connectivity index is 0.000000246. The van der Waals surface area contributed by atoms with Gasteiger partial charge in [0.25, 0.3) is 0 Å². The number of fused-ring (bicyclic) bond motifs is 3. The molecule has 4 heteroatoms. The first-order valence-electron chi connectivity index (χ1n) is 8.19. The van der Waals surface area contributed by atoms with Crippen molar-refractivity contribution in [3.05, 3.63) is 95.2 Å². The molecule has 5 rings (SSSR count). The van der Waals surface area contributed by atoms with Crippen LogP contribution in [0.4, 0.5) is 0 Å². The van der Waals surface area contributed by atoms with Crippen molar-refractivity contribution in [2.24, 2.45) is 5.92 Å². The Bertz CT molecular complexity index is 979. The van der Waals surface area contributed by atoms with Crippen LogP contribution in [-0.4, -0.2) is 0 Å². The minimum atomic E-state index is 0. The van der Waals surface area contributed by atoms with Crippen LogP contribution >= 0.6 is 11.3 Å². The fourth-order valence-electron chi connectivity index (χ4n) is 3.08. The van der Waals surface area contributed by atoms with Gasteiger partial charge < -0.3 is 24.8 Å². The number of thiophene rings is 1. The molecule has 0 bridgehead atoms. The first-order valence-corrected chi connectivity index (χ1v) is 9.13. The van der Waals surface area contributed by atoms with E-state index in [4.69, 9.17) is 0 Å². The van der Waals surface area contributed by atoms with Gasteiger partial charge >= 0.3 is 26.2 Å². The third-order valence-corrected chi connectivity index (χ3v) is 4.97. The second-order valence-corrected chi connectivity index (χ2v) is 6.82. The van der Waals surface area contributed by atoms with Crippen LogP contribution in [0.15, 0.2) is 83.6 Å². The maximum atomic E-state index is 3.37. The molecule has 0 spiro atoms. The molecule has 0 amide bonds. The molecule has 4 aromatic rings. The average Bonchev–Trinajstić information content (AvgIpc) is 3.34. The summed E-state index contributed by atoms with van der Waals surface area (Å²) in [6.07, 6.45) is 7.69. The van der Waals surface area contributed by atoms with E-state index < -0.39 is 0 Å². The number of allylic oxidation sites excluding steroid dienone is 4. The normalized spacial score (nSPS) is 14.4. The summed E-state index contributed by atoms with van der Waals surface area (Å²) in [5.74, 6) is 0.491. The molecule has 1 heterocycles. The van der Waals surface area contributed by atoms with E-state index in [1.807, 2.05) is 0 Å². The Kier molecular flexibility index (Phi) is 9.84. The Morgan fingerprint density at radius 3 is 1.96 bits per heavy atom. The Labute approximate surface area is 196 Å². The molecule has 0 radical (unpaired) electrons. The van der Waals surface area contributed by atoms with Crippen molar-refractivity contribution >= 4 is 38.5 Å². The Morgan fingerprint density at radius 1 is 0.889 bits per heavy atom. The minimum Gasteiger partial charge on any atom is -1.00 e. The quantitative estimate of drug-likeness (QED) is 0.349. The summed E-state index contributed by atoms with van der Waals surface area (Å²) in [5, 5.41) is 9.65. The van der Waals surface area contributed by atoms with Crippen molar-refractivity contribution in [3.63, 3.8) is 0 Å². The van der Waals surface area contributed by atoms with Gasteiger partial charge in [-0.15, -0.1) is 51.4 Å². The van der Waals surface area contributed by atoms with E-state index in [0.717, 1.165) is 0 Å². The van der Waals surface area contributed by atoms with E-state index in [1.165, 1.54) is 32.7 Å². The van der Waals surface area contributed by atoms with E-state index in [1.54, 1.807) is 11.3 Å². The number of hydrogen-bond acceptors (Lipinski definition) is 1. The third kappa shape index (κ3) is 5.49. The van der Waals surface area contributed by atoms with Gasteiger partial charge in [-0.05, 0) is 5.38 Å². The van der Waals surface area contributed by atoms with Gasteiger partial charge in [0.1, 0.15) is 0 Å². The second kappa shape index (κ2) is 11.1. The molecule has 1 aromatic heterocycles. The van der Waals surface area contributed by atoms with E-state index in [9.17, 15) is 0 Å². The zero-order chi connectivity index (χ0) is 16.4. The molecule has 27 heavy (non-hydrogen) atoms. The molecule has 1 aliphatic rings. The molecule has 1 unspecified atom stereocenters. The van der Waals surface area contributed by atoms with E-state index in [2.05, 4.69) is 96.6 Å². The topological polar surface area (TPSA) is 0 Å². The molecule has 0 N–H and O–H groups in total. The molecule has 0 aliphatic heterocycles. The van der Waals surface area contributed by atoms with Gasteiger partial charge in [0.05, 0.1) is 0 Å². The summed E-state index contributed by atoms with van der Waals surface area (Å²) < 4.78 is 0. The predicted molar refractivity (Wildman–Crippen MR) is 106 cm³/mol. The van der Waals surface area contributed by atoms with Gasteiger partial charge in [-0.25, -0.2) is 0 Å². The summed E-state index contributed by atoms with van der Waals surface area (Å²) in [6.45, 7) is 2.15. The molecule has 0 saturated heterocycles. The van der Waals surface area contributed by atoms with Crippen LogP contribution in [0.2, 0.25) is 0 Å². The minimum absolute atomic E-state index is 0. The smallest absolute Gasteiger partial charge is 1.00 e. The summed E-state index contributed by atoms with van der Waals surface area (Å²) in [4.78, 5) is 0. The molecule has 0 saturated carbocycles. The summed E-state index contributed by atoms with van der Waals surface area (Å²) in [5.41, 5.74) is 2.55.